The van der Waals surface area contributed by atoms with E-state index in [9.17, 15) is 0 Å². The normalized spacial score (nSPS) is 11.6. The number of benzene rings is 2. The molecule has 0 bridgehead atoms. The largest absolute Gasteiger partial charge is 0.496 e. The van der Waals surface area contributed by atoms with Crippen molar-refractivity contribution in [1.82, 2.24) is 0 Å². The second kappa shape index (κ2) is 7.01. The first kappa shape index (κ1) is 16.1. The molecule has 0 amide bonds. The standard InChI is InChI=1S/C14H13Cl2NO.ClH/c1-18-13-7-6-11(16)8-12(13)14(17)9-2-4-10(15)5-3-9;/h2-8,14H,17H2,1H3;1H. The van der Waals surface area contributed by atoms with Crippen molar-refractivity contribution in [2.75, 3.05) is 7.11 Å². The van der Waals surface area contributed by atoms with Gasteiger partial charge in [0.15, 0.2) is 0 Å². The molecule has 1 atom stereocenters. The maximum atomic E-state index is 6.23. The molecule has 0 aliphatic heterocycles. The van der Waals surface area contributed by atoms with Gasteiger partial charge >= 0.3 is 0 Å². The van der Waals surface area contributed by atoms with Crippen LogP contribution < -0.4 is 10.5 Å². The van der Waals surface area contributed by atoms with Crippen LogP contribution in [0, 0.1) is 0 Å². The number of hydrogen-bond donors (Lipinski definition) is 1. The van der Waals surface area contributed by atoms with Crippen molar-refractivity contribution < 1.29 is 4.74 Å². The minimum Gasteiger partial charge on any atom is -0.496 e. The van der Waals surface area contributed by atoms with Crippen molar-refractivity contribution in [2.24, 2.45) is 5.73 Å². The highest BCUT2D eigenvalue weighted by molar-refractivity contribution is 6.31. The average molecular weight is 319 g/mol. The third kappa shape index (κ3) is 3.77. The lowest BCUT2D eigenvalue weighted by Crippen LogP contribution is -2.13. The lowest BCUT2D eigenvalue weighted by atomic mass is 9.99. The van der Waals surface area contributed by atoms with E-state index in [0.29, 0.717) is 10.0 Å². The number of ether oxygens (including phenoxy) is 1. The molecule has 5 heteroatoms. The molecule has 2 aromatic rings. The quantitative estimate of drug-likeness (QED) is 0.906. The summed E-state index contributed by atoms with van der Waals surface area (Å²) < 4.78 is 5.30. The summed E-state index contributed by atoms with van der Waals surface area (Å²) in [7, 11) is 1.61. The minimum absolute atomic E-state index is 0. The summed E-state index contributed by atoms with van der Waals surface area (Å²) in [5.74, 6) is 0.724. The highest BCUT2D eigenvalue weighted by atomic mass is 35.5. The van der Waals surface area contributed by atoms with Crippen LogP contribution in [0.25, 0.3) is 0 Å². The summed E-state index contributed by atoms with van der Waals surface area (Å²) in [6, 6.07) is 12.5. The van der Waals surface area contributed by atoms with Gasteiger partial charge in [0.2, 0.25) is 0 Å². The fourth-order valence-electron chi connectivity index (χ4n) is 1.80. The van der Waals surface area contributed by atoms with Crippen LogP contribution in [0.5, 0.6) is 5.75 Å². The molecule has 2 rings (SSSR count). The molecule has 0 saturated carbocycles. The van der Waals surface area contributed by atoms with Gasteiger partial charge in [-0.15, -0.1) is 12.4 Å². The first-order chi connectivity index (χ1) is 8.61. The Hall–Kier alpha value is -0.930. The first-order valence-electron chi connectivity index (χ1n) is 5.46. The molecular weight excluding hydrogens is 305 g/mol. The van der Waals surface area contributed by atoms with Gasteiger partial charge < -0.3 is 10.5 Å². The smallest absolute Gasteiger partial charge is 0.124 e. The Bertz CT molecular complexity index is 543. The number of nitrogens with two attached hydrogens (primary N) is 1. The van der Waals surface area contributed by atoms with Gasteiger partial charge in [-0.2, -0.15) is 0 Å². The van der Waals surface area contributed by atoms with Gasteiger partial charge in [0.1, 0.15) is 5.75 Å². The summed E-state index contributed by atoms with van der Waals surface area (Å²) in [5, 5.41) is 1.32. The SMILES string of the molecule is COc1ccc(Cl)cc1C(N)c1ccc(Cl)cc1.Cl. The Kier molecular flexibility index (Phi) is 5.95. The number of rotatable bonds is 3. The fraction of sp³-hybridized carbons (Fsp3) is 0.143. The maximum absolute atomic E-state index is 6.23. The van der Waals surface area contributed by atoms with Gasteiger partial charge in [-0.05, 0) is 35.9 Å². The predicted octanol–water partition coefficient (Wildman–Crippen LogP) is 4.47. The van der Waals surface area contributed by atoms with Crippen LogP contribution in [-0.2, 0) is 0 Å². The molecule has 1 unspecified atom stereocenters. The lowest BCUT2D eigenvalue weighted by molar-refractivity contribution is 0.408. The van der Waals surface area contributed by atoms with Gasteiger partial charge in [0.05, 0.1) is 13.2 Å². The van der Waals surface area contributed by atoms with Crippen LogP contribution in [0.3, 0.4) is 0 Å². The Morgan fingerprint density at radius 1 is 1.00 bits per heavy atom. The van der Waals surface area contributed by atoms with Crippen LogP contribution in [0.1, 0.15) is 17.2 Å². The fourth-order valence-corrected chi connectivity index (χ4v) is 2.10. The van der Waals surface area contributed by atoms with E-state index in [4.69, 9.17) is 33.7 Å². The molecule has 0 fully saturated rings. The summed E-state index contributed by atoms with van der Waals surface area (Å²) >= 11 is 11.9. The molecule has 2 aromatic carbocycles. The Morgan fingerprint density at radius 3 is 2.16 bits per heavy atom. The molecule has 2 nitrogen and oxygen atoms in total. The zero-order chi connectivity index (χ0) is 13.1. The molecule has 2 N–H and O–H groups in total. The molecule has 0 heterocycles. The zero-order valence-corrected chi connectivity index (χ0v) is 12.6. The summed E-state index contributed by atoms with van der Waals surface area (Å²) in [6.07, 6.45) is 0. The highest BCUT2D eigenvalue weighted by Gasteiger charge is 2.14. The van der Waals surface area contributed by atoms with Crippen molar-refractivity contribution in [3.63, 3.8) is 0 Å². The monoisotopic (exact) mass is 317 g/mol. The Labute approximate surface area is 128 Å². The maximum Gasteiger partial charge on any atom is 0.124 e. The molecule has 0 aromatic heterocycles. The van der Waals surface area contributed by atoms with Crippen molar-refractivity contribution in [3.8, 4) is 5.75 Å². The third-order valence-electron chi connectivity index (χ3n) is 2.76. The van der Waals surface area contributed by atoms with E-state index in [1.54, 1.807) is 13.2 Å². The minimum atomic E-state index is -0.295. The van der Waals surface area contributed by atoms with Crippen LogP contribution in [0.4, 0.5) is 0 Å². The second-order valence-electron chi connectivity index (χ2n) is 3.92. The first-order valence-corrected chi connectivity index (χ1v) is 6.22. The van der Waals surface area contributed by atoms with Crippen molar-refractivity contribution in [1.29, 1.82) is 0 Å². The lowest BCUT2D eigenvalue weighted by Gasteiger charge is -2.16. The molecule has 0 aliphatic rings. The molecule has 19 heavy (non-hydrogen) atoms. The molecule has 0 spiro atoms. The van der Waals surface area contributed by atoms with Gasteiger partial charge in [0, 0.05) is 15.6 Å². The van der Waals surface area contributed by atoms with Gasteiger partial charge in [-0.1, -0.05) is 35.3 Å². The summed E-state index contributed by atoms with van der Waals surface area (Å²) in [5.41, 5.74) is 8.04. The Morgan fingerprint density at radius 2 is 1.58 bits per heavy atom. The van der Waals surface area contributed by atoms with Crippen molar-refractivity contribution >= 4 is 35.6 Å². The molecule has 0 saturated heterocycles. The second-order valence-corrected chi connectivity index (χ2v) is 4.79. The van der Waals surface area contributed by atoms with Crippen LogP contribution in [-0.4, -0.2) is 7.11 Å². The van der Waals surface area contributed by atoms with E-state index < -0.39 is 0 Å². The summed E-state index contributed by atoms with van der Waals surface area (Å²) in [6.45, 7) is 0. The molecule has 102 valence electrons. The highest BCUT2D eigenvalue weighted by Crippen LogP contribution is 2.31. The summed E-state index contributed by atoms with van der Waals surface area (Å²) in [4.78, 5) is 0. The molecule has 0 aliphatic carbocycles. The van der Waals surface area contributed by atoms with E-state index in [2.05, 4.69) is 0 Å². The third-order valence-corrected chi connectivity index (χ3v) is 3.24. The van der Waals surface area contributed by atoms with E-state index in [1.165, 1.54) is 0 Å². The zero-order valence-electron chi connectivity index (χ0n) is 10.3. The van der Waals surface area contributed by atoms with Gasteiger partial charge in [-0.25, -0.2) is 0 Å². The van der Waals surface area contributed by atoms with E-state index in [-0.39, 0.29) is 18.4 Å². The number of methoxy groups -OCH3 is 1. The van der Waals surface area contributed by atoms with Crippen molar-refractivity contribution in [2.45, 2.75) is 6.04 Å². The van der Waals surface area contributed by atoms with Gasteiger partial charge in [-0.3, -0.25) is 0 Å². The van der Waals surface area contributed by atoms with Crippen LogP contribution >= 0.6 is 35.6 Å². The molecular formula is C14H14Cl3NO. The topological polar surface area (TPSA) is 35.2 Å². The van der Waals surface area contributed by atoms with E-state index in [1.807, 2.05) is 36.4 Å². The van der Waals surface area contributed by atoms with Crippen molar-refractivity contribution in [3.05, 3.63) is 63.6 Å². The van der Waals surface area contributed by atoms with Crippen LogP contribution in [0.15, 0.2) is 42.5 Å². The van der Waals surface area contributed by atoms with Crippen LogP contribution in [0.2, 0.25) is 10.0 Å². The number of hydrogen-bond acceptors (Lipinski definition) is 2. The Balaban J connectivity index is 0.00000180. The van der Waals surface area contributed by atoms with E-state index in [0.717, 1.165) is 16.9 Å². The average Bonchev–Trinajstić information content (AvgIpc) is 2.39. The predicted molar refractivity (Wildman–Crippen MR) is 82.7 cm³/mol. The molecule has 0 radical (unpaired) electrons. The van der Waals surface area contributed by atoms with Gasteiger partial charge in [0.25, 0.3) is 0 Å². The van der Waals surface area contributed by atoms with E-state index >= 15 is 0 Å². The number of halogens is 3.